The van der Waals surface area contributed by atoms with Crippen molar-refractivity contribution < 1.29 is 14.3 Å². The molecule has 1 rings (SSSR count). The second-order valence-electron chi connectivity index (χ2n) is 4.63. The van der Waals surface area contributed by atoms with Crippen LogP contribution in [0.1, 0.15) is 25.8 Å². The molecule has 0 heterocycles. The summed E-state index contributed by atoms with van der Waals surface area (Å²) < 4.78 is 4.82. The number of likely N-dealkylation sites (N-methyl/N-ethyl adjacent to an activating group) is 1. The van der Waals surface area contributed by atoms with E-state index in [2.05, 4.69) is 5.32 Å². The molecule has 0 fully saturated rings. The van der Waals surface area contributed by atoms with Gasteiger partial charge in [0.05, 0.1) is 19.6 Å². The van der Waals surface area contributed by atoms with Crippen molar-refractivity contribution in [2.24, 2.45) is 0 Å². The zero-order valence-electron chi connectivity index (χ0n) is 12.8. The summed E-state index contributed by atoms with van der Waals surface area (Å²) in [4.78, 5) is 25.0. The van der Waals surface area contributed by atoms with E-state index in [-0.39, 0.29) is 24.8 Å². The Morgan fingerprint density at radius 2 is 1.90 bits per heavy atom. The second-order valence-corrected chi connectivity index (χ2v) is 4.63. The fraction of sp³-hybridized carbons (Fsp3) is 0.500. The van der Waals surface area contributed by atoms with Crippen molar-refractivity contribution >= 4 is 11.9 Å². The van der Waals surface area contributed by atoms with Gasteiger partial charge in [0.1, 0.15) is 0 Å². The van der Waals surface area contributed by atoms with E-state index in [0.717, 1.165) is 5.56 Å². The lowest BCUT2D eigenvalue weighted by Crippen LogP contribution is -2.38. The lowest BCUT2D eigenvalue weighted by molar-refractivity contribution is -0.143. The number of hydrogen-bond donors (Lipinski definition) is 1. The SMILES string of the molecule is CCOC(=O)CCNCC(=O)N(CC)Cc1ccccc1. The first-order valence-electron chi connectivity index (χ1n) is 7.35. The summed E-state index contributed by atoms with van der Waals surface area (Å²) in [7, 11) is 0. The van der Waals surface area contributed by atoms with Crippen LogP contribution in [0.4, 0.5) is 0 Å². The van der Waals surface area contributed by atoms with E-state index in [0.29, 0.717) is 26.2 Å². The van der Waals surface area contributed by atoms with Gasteiger partial charge in [-0.15, -0.1) is 0 Å². The summed E-state index contributed by atoms with van der Waals surface area (Å²) >= 11 is 0. The molecule has 5 heteroatoms. The quantitative estimate of drug-likeness (QED) is 0.554. The van der Waals surface area contributed by atoms with Crippen molar-refractivity contribution in [2.75, 3.05) is 26.2 Å². The van der Waals surface area contributed by atoms with E-state index >= 15 is 0 Å². The summed E-state index contributed by atoms with van der Waals surface area (Å²) in [5.41, 5.74) is 1.11. The molecule has 1 aromatic carbocycles. The highest BCUT2D eigenvalue weighted by atomic mass is 16.5. The van der Waals surface area contributed by atoms with E-state index in [1.54, 1.807) is 11.8 Å². The van der Waals surface area contributed by atoms with E-state index in [4.69, 9.17) is 4.74 Å². The van der Waals surface area contributed by atoms with E-state index in [9.17, 15) is 9.59 Å². The Bertz CT molecular complexity index is 434. The number of nitrogens with zero attached hydrogens (tertiary/aromatic N) is 1. The molecule has 0 aliphatic heterocycles. The predicted octanol–water partition coefficient (Wildman–Crippen LogP) is 1.58. The molecule has 0 spiro atoms. The van der Waals surface area contributed by atoms with Crippen LogP contribution in [0.3, 0.4) is 0 Å². The zero-order valence-corrected chi connectivity index (χ0v) is 12.8. The van der Waals surface area contributed by atoms with Crippen molar-refractivity contribution in [3.8, 4) is 0 Å². The monoisotopic (exact) mass is 292 g/mol. The molecule has 0 atom stereocenters. The standard InChI is InChI=1S/C16H24N2O3/c1-3-18(13-14-8-6-5-7-9-14)15(19)12-17-11-10-16(20)21-4-2/h5-9,17H,3-4,10-13H2,1-2H3. The fourth-order valence-electron chi connectivity index (χ4n) is 1.91. The summed E-state index contributed by atoms with van der Waals surface area (Å²) in [6, 6.07) is 9.89. The molecular weight excluding hydrogens is 268 g/mol. The van der Waals surface area contributed by atoms with Gasteiger partial charge in [-0.1, -0.05) is 30.3 Å². The third kappa shape index (κ3) is 6.90. The van der Waals surface area contributed by atoms with Crippen LogP contribution in [0.25, 0.3) is 0 Å². The minimum absolute atomic E-state index is 0.0326. The van der Waals surface area contributed by atoms with Gasteiger partial charge in [-0.05, 0) is 19.4 Å². The van der Waals surface area contributed by atoms with Gasteiger partial charge in [-0.25, -0.2) is 0 Å². The van der Waals surface area contributed by atoms with Crippen LogP contribution in [-0.2, 0) is 20.9 Å². The van der Waals surface area contributed by atoms with E-state index in [1.165, 1.54) is 0 Å². The Morgan fingerprint density at radius 1 is 1.19 bits per heavy atom. The highest BCUT2D eigenvalue weighted by Gasteiger charge is 2.11. The molecule has 0 aliphatic rings. The predicted molar refractivity (Wildman–Crippen MR) is 81.7 cm³/mol. The van der Waals surface area contributed by atoms with Gasteiger partial charge in [-0.2, -0.15) is 0 Å². The molecule has 0 bridgehead atoms. The molecule has 1 N–H and O–H groups in total. The number of carbonyl (C=O) groups is 2. The molecule has 21 heavy (non-hydrogen) atoms. The maximum atomic E-state index is 12.1. The third-order valence-corrected chi connectivity index (χ3v) is 3.04. The molecule has 1 aromatic rings. The van der Waals surface area contributed by atoms with Crippen molar-refractivity contribution in [1.82, 2.24) is 10.2 Å². The molecule has 0 aromatic heterocycles. The van der Waals surface area contributed by atoms with Gasteiger partial charge in [-0.3, -0.25) is 9.59 Å². The normalized spacial score (nSPS) is 10.2. The second kappa shape index (κ2) is 9.94. The first-order chi connectivity index (χ1) is 10.2. The third-order valence-electron chi connectivity index (χ3n) is 3.04. The van der Waals surface area contributed by atoms with E-state index < -0.39 is 0 Å². The number of hydrogen-bond acceptors (Lipinski definition) is 4. The first kappa shape index (κ1) is 17.2. The van der Waals surface area contributed by atoms with Gasteiger partial charge >= 0.3 is 5.97 Å². The maximum Gasteiger partial charge on any atom is 0.307 e. The molecule has 5 nitrogen and oxygen atoms in total. The summed E-state index contributed by atoms with van der Waals surface area (Å²) in [6.07, 6.45) is 0.284. The number of nitrogens with one attached hydrogen (secondary N) is 1. The molecule has 0 saturated carbocycles. The van der Waals surface area contributed by atoms with Crippen LogP contribution in [0.5, 0.6) is 0 Å². The smallest absolute Gasteiger partial charge is 0.307 e. The van der Waals surface area contributed by atoms with E-state index in [1.807, 2.05) is 37.3 Å². The van der Waals surface area contributed by atoms with Crippen molar-refractivity contribution in [3.05, 3.63) is 35.9 Å². The molecule has 0 saturated heterocycles. The van der Waals surface area contributed by atoms with Crippen LogP contribution in [0, 0.1) is 0 Å². The van der Waals surface area contributed by atoms with Crippen LogP contribution in [0.15, 0.2) is 30.3 Å². The average Bonchev–Trinajstić information content (AvgIpc) is 2.50. The average molecular weight is 292 g/mol. The molecule has 0 aliphatic carbocycles. The Labute approximate surface area is 126 Å². The number of amides is 1. The van der Waals surface area contributed by atoms with Crippen molar-refractivity contribution in [1.29, 1.82) is 0 Å². The number of ether oxygens (including phenoxy) is 1. The summed E-state index contributed by atoms with van der Waals surface area (Å²) in [5.74, 6) is -0.209. The maximum absolute atomic E-state index is 12.1. The number of rotatable bonds is 9. The first-order valence-corrected chi connectivity index (χ1v) is 7.35. The summed E-state index contributed by atoms with van der Waals surface area (Å²) in [6.45, 7) is 6.08. The number of benzene rings is 1. The van der Waals surface area contributed by atoms with Gasteiger partial charge < -0.3 is 15.0 Å². The number of carbonyl (C=O) groups excluding carboxylic acids is 2. The Hall–Kier alpha value is -1.88. The zero-order chi connectivity index (χ0) is 15.5. The highest BCUT2D eigenvalue weighted by Crippen LogP contribution is 2.04. The highest BCUT2D eigenvalue weighted by molar-refractivity contribution is 5.78. The van der Waals surface area contributed by atoms with Crippen molar-refractivity contribution in [2.45, 2.75) is 26.8 Å². The molecular formula is C16H24N2O3. The van der Waals surface area contributed by atoms with Crippen LogP contribution < -0.4 is 5.32 Å². The minimum Gasteiger partial charge on any atom is -0.466 e. The van der Waals surface area contributed by atoms with Crippen molar-refractivity contribution in [3.63, 3.8) is 0 Å². The number of esters is 1. The molecule has 1 amide bonds. The lowest BCUT2D eigenvalue weighted by Gasteiger charge is -2.21. The Kier molecular flexibility index (Phi) is 8.12. The Morgan fingerprint density at radius 3 is 2.52 bits per heavy atom. The molecule has 0 radical (unpaired) electrons. The summed E-state index contributed by atoms with van der Waals surface area (Å²) in [5, 5.41) is 2.98. The molecule has 116 valence electrons. The Balaban J connectivity index is 2.30. The lowest BCUT2D eigenvalue weighted by atomic mass is 10.2. The topological polar surface area (TPSA) is 58.6 Å². The minimum atomic E-state index is -0.242. The molecule has 0 unspecified atom stereocenters. The van der Waals surface area contributed by atoms with Crippen LogP contribution in [0.2, 0.25) is 0 Å². The van der Waals surface area contributed by atoms with Gasteiger partial charge in [0, 0.05) is 19.6 Å². The van der Waals surface area contributed by atoms with Crippen LogP contribution >= 0.6 is 0 Å². The fourth-order valence-corrected chi connectivity index (χ4v) is 1.91. The van der Waals surface area contributed by atoms with Crippen LogP contribution in [-0.4, -0.2) is 43.0 Å². The largest absolute Gasteiger partial charge is 0.466 e. The van der Waals surface area contributed by atoms with Gasteiger partial charge in [0.2, 0.25) is 5.91 Å². The van der Waals surface area contributed by atoms with Gasteiger partial charge in [0.25, 0.3) is 0 Å². The van der Waals surface area contributed by atoms with Gasteiger partial charge in [0.15, 0.2) is 0 Å².